The van der Waals surface area contributed by atoms with Crippen LogP contribution < -0.4 is 15.4 Å². The second-order valence-electron chi connectivity index (χ2n) is 6.30. The van der Waals surface area contributed by atoms with Crippen molar-refractivity contribution >= 4 is 33.2 Å². The first-order valence-electron chi connectivity index (χ1n) is 8.29. The van der Waals surface area contributed by atoms with Gasteiger partial charge in [0.15, 0.2) is 0 Å². The van der Waals surface area contributed by atoms with Gasteiger partial charge in [-0.15, -0.1) is 0 Å². The average molecular weight is 447 g/mol. The highest BCUT2D eigenvalue weighted by atomic mass is 32.2. The van der Waals surface area contributed by atoms with Crippen LogP contribution in [0.3, 0.4) is 0 Å². The van der Waals surface area contributed by atoms with Crippen LogP contribution in [0.2, 0.25) is 0 Å². The summed E-state index contributed by atoms with van der Waals surface area (Å²) in [7, 11) is -3.77. The summed E-state index contributed by atoms with van der Waals surface area (Å²) >= 11 is 0. The van der Waals surface area contributed by atoms with Crippen LogP contribution >= 0.6 is 0 Å². The lowest BCUT2D eigenvalue weighted by Crippen LogP contribution is -2.26. The lowest BCUT2D eigenvalue weighted by atomic mass is 10.1. The SMILES string of the molecule is CC(=O)Nc1ccc(NS(C)(=O)=O)c(C(=O)NCc2ccc(F)cc2C(F)(F)F)c1. The van der Waals surface area contributed by atoms with Crippen LogP contribution in [0, 0.1) is 5.82 Å². The molecule has 0 fully saturated rings. The van der Waals surface area contributed by atoms with Crippen LogP contribution in [0.15, 0.2) is 36.4 Å². The average Bonchev–Trinajstić information content (AvgIpc) is 2.59. The maximum absolute atomic E-state index is 13.2. The molecule has 2 rings (SSSR count). The molecule has 7 nitrogen and oxygen atoms in total. The predicted molar refractivity (Wildman–Crippen MR) is 102 cm³/mol. The number of halogens is 4. The maximum atomic E-state index is 13.2. The number of benzene rings is 2. The van der Waals surface area contributed by atoms with E-state index >= 15 is 0 Å². The van der Waals surface area contributed by atoms with Gasteiger partial charge in [0.1, 0.15) is 5.82 Å². The molecule has 0 unspecified atom stereocenters. The van der Waals surface area contributed by atoms with Gasteiger partial charge in [0.25, 0.3) is 5.91 Å². The fourth-order valence-electron chi connectivity index (χ4n) is 2.54. The van der Waals surface area contributed by atoms with Gasteiger partial charge in [-0.3, -0.25) is 14.3 Å². The van der Waals surface area contributed by atoms with Crippen LogP contribution in [0.1, 0.15) is 28.4 Å². The normalized spacial score (nSPS) is 11.7. The highest BCUT2D eigenvalue weighted by Crippen LogP contribution is 2.32. The predicted octanol–water partition coefficient (Wildman–Crippen LogP) is 3.10. The molecular formula is C18H17F4N3O4S. The number of amides is 2. The minimum atomic E-state index is -4.84. The van der Waals surface area contributed by atoms with E-state index in [-0.39, 0.29) is 22.5 Å². The Hall–Kier alpha value is -3.15. The lowest BCUT2D eigenvalue weighted by molar-refractivity contribution is -0.138. The van der Waals surface area contributed by atoms with E-state index in [1.54, 1.807) is 0 Å². The molecule has 0 radical (unpaired) electrons. The maximum Gasteiger partial charge on any atom is 0.416 e. The summed E-state index contributed by atoms with van der Waals surface area (Å²) in [6.45, 7) is 0.617. The summed E-state index contributed by atoms with van der Waals surface area (Å²) in [6.07, 6.45) is -3.99. The van der Waals surface area contributed by atoms with Gasteiger partial charge in [-0.1, -0.05) is 6.07 Å². The van der Waals surface area contributed by atoms with Crippen LogP contribution in [0.4, 0.5) is 28.9 Å². The monoisotopic (exact) mass is 447 g/mol. The van der Waals surface area contributed by atoms with E-state index in [1.165, 1.54) is 25.1 Å². The third kappa shape index (κ3) is 6.44. The molecule has 0 aliphatic carbocycles. The van der Waals surface area contributed by atoms with Gasteiger partial charge in [0, 0.05) is 19.2 Å². The number of nitrogens with one attached hydrogen (secondary N) is 3. The van der Waals surface area contributed by atoms with Crippen LogP contribution in [0.25, 0.3) is 0 Å². The molecule has 162 valence electrons. The van der Waals surface area contributed by atoms with Crippen molar-refractivity contribution in [2.45, 2.75) is 19.6 Å². The summed E-state index contributed by atoms with van der Waals surface area (Å²) in [4.78, 5) is 23.8. The third-order valence-electron chi connectivity index (χ3n) is 3.70. The molecule has 0 bridgehead atoms. The van der Waals surface area contributed by atoms with Gasteiger partial charge in [0.05, 0.1) is 23.1 Å². The van der Waals surface area contributed by atoms with Crippen molar-refractivity contribution in [1.82, 2.24) is 5.32 Å². The number of alkyl halides is 3. The van der Waals surface area contributed by atoms with Gasteiger partial charge in [-0.25, -0.2) is 12.8 Å². The summed E-state index contributed by atoms with van der Waals surface area (Å²) < 4.78 is 77.7. The first kappa shape index (κ1) is 23.1. The van der Waals surface area contributed by atoms with Gasteiger partial charge in [0.2, 0.25) is 15.9 Å². The number of sulfonamides is 1. The molecule has 0 saturated carbocycles. The Labute approximate surface area is 169 Å². The zero-order chi connectivity index (χ0) is 22.7. The summed E-state index contributed by atoms with van der Waals surface area (Å²) in [6, 6.07) is 5.76. The van der Waals surface area contributed by atoms with Crippen molar-refractivity contribution in [2.75, 3.05) is 16.3 Å². The Morgan fingerprint density at radius 3 is 2.30 bits per heavy atom. The number of rotatable bonds is 6. The van der Waals surface area contributed by atoms with Gasteiger partial charge in [-0.05, 0) is 35.9 Å². The quantitative estimate of drug-likeness (QED) is 0.592. The number of carbonyl (C=O) groups excluding carboxylic acids is 2. The number of carbonyl (C=O) groups is 2. The highest BCUT2D eigenvalue weighted by Gasteiger charge is 2.33. The molecule has 0 heterocycles. The lowest BCUT2D eigenvalue weighted by Gasteiger charge is -2.15. The second-order valence-corrected chi connectivity index (χ2v) is 8.05. The Morgan fingerprint density at radius 2 is 1.73 bits per heavy atom. The van der Waals surface area contributed by atoms with E-state index < -0.39 is 45.9 Å². The molecule has 3 N–H and O–H groups in total. The van der Waals surface area contributed by atoms with E-state index in [9.17, 15) is 35.6 Å². The van der Waals surface area contributed by atoms with Crippen molar-refractivity contribution in [1.29, 1.82) is 0 Å². The number of hydrogen-bond donors (Lipinski definition) is 3. The van der Waals surface area contributed by atoms with Crippen molar-refractivity contribution in [2.24, 2.45) is 0 Å². The molecule has 0 atom stereocenters. The summed E-state index contributed by atoms with van der Waals surface area (Å²) in [5.74, 6) is -2.45. The summed E-state index contributed by atoms with van der Waals surface area (Å²) in [5.41, 5.74) is -1.83. The van der Waals surface area contributed by atoms with Gasteiger partial charge >= 0.3 is 6.18 Å². The zero-order valence-corrected chi connectivity index (χ0v) is 16.5. The Morgan fingerprint density at radius 1 is 1.07 bits per heavy atom. The summed E-state index contributed by atoms with van der Waals surface area (Å²) in [5, 5.41) is 4.66. The van der Waals surface area contributed by atoms with E-state index in [0.29, 0.717) is 6.07 Å². The van der Waals surface area contributed by atoms with Gasteiger partial charge < -0.3 is 10.6 Å². The smallest absolute Gasteiger partial charge is 0.348 e. The van der Waals surface area contributed by atoms with Crippen molar-refractivity contribution in [3.05, 3.63) is 58.9 Å². The van der Waals surface area contributed by atoms with Crippen LogP contribution in [-0.2, 0) is 27.5 Å². The Balaban J connectivity index is 2.35. The molecular weight excluding hydrogens is 430 g/mol. The Kier molecular flexibility index (Phi) is 6.70. The molecule has 2 aromatic rings. The zero-order valence-electron chi connectivity index (χ0n) is 15.7. The van der Waals surface area contributed by atoms with Crippen LogP contribution in [-0.4, -0.2) is 26.5 Å². The molecule has 0 aliphatic heterocycles. The Bertz CT molecular complexity index is 1090. The molecule has 0 aromatic heterocycles. The fourth-order valence-corrected chi connectivity index (χ4v) is 3.12. The number of anilines is 2. The van der Waals surface area contributed by atoms with E-state index in [4.69, 9.17) is 0 Å². The topological polar surface area (TPSA) is 104 Å². The molecule has 0 aliphatic rings. The van der Waals surface area contributed by atoms with E-state index in [1.807, 2.05) is 0 Å². The largest absolute Gasteiger partial charge is 0.416 e. The molecule has 2 aromatic carbocycles. The molecule has 2 amide bonds. The fraction of sp³-hybridized carbons (Fsp3) is 0.222. The van der Waals surface area contributed by atoms with E-state index in [0.717, 1.165) is 18.4 Å². The number of hydrogen-bond acceptors (Lipinski definition) is 4. The van der Waals surface area contributed by atoms with Crippen molar-refractivity contribution in [3.8, 4) is 0 Å². The molecule has 0 saturated heterocycles. The first-order valence-corrected chi connectivity index (χ1v) is 10.2. The van der Waals surface area contributed by atoms with Crippen molar-refractivity contribution < 1.29 is 35.6 Å². The van der Waals surface area contributed by atoms with E-state index in [2.05, 4.69) is 15.4 Å². The second kappa shape index (κ2) is 8.69. The molecule has 30 heavy (non-hydrogen) atoms. The minimum absolute atomic E-state index is 0.140. The first-order chi connectivity index (χ1) is 13.8. The van der Waals surface area contributed by atoms with Crippen molar-refractivity contribution in [3.63, 3.8) is 0 Å². The third-order valence-corrected chi connectivity index (χ3v) is 4.29. The molecule has 0 spiro atoms. The minimum Gasteiger partial charge on any atom is -0.348 e. The standard InChI is InChI=1S/C18H17F4N3O4S/c1-10(26)24-13-5-6-16(25-30(2,28)29)14(8-13)17(27)23-9-11-3-4-12(19)7-15(11)18(20,21)22/h3-8,25H,9H2,1-2H3,(H,23,27)(H,24,26). The van der Waals surface area contributed by atoms with Crippen LogP contribution in [0.5, 0.6) is 0 Å². The molecule has 12 heteroatoms. The highest BCUT2D eigenvalue weighted by molar-refractivity contribution is 7.92. The van der Waals surface area contributed by atoms with Gasteiger partial charge in [-0.2, -0.15) is 13.2 Å².